The molecule has 25 heavy (non-hydrogen) atoms. The number of amides is 1. The fourth-order valence-electron chi connectivity index (χ4n) is 2.09. The van der Waals surface area contributed by atoms with Crippen molar-refractivity contribution in [2.45, 2.75) is 20.0 Å². The molecule has 0 unspecified atom stereocenters. The zero-order valence-corrected chi connectivity index (χ0v) is 14.5. The van der Waals surface area contributed by atoms with Gasteiger partial charge in [0.2, 0.25) is 0 Å². The van der Waals surface area contributed by atoms with Crippen LogP contribution < -0.4 is 10.2 Å². The molecule has 5 nitrogen and oxygen atoms in total. The molecule has 3 aromatic rings. The Hall–Kier alpha value is -2.80. The number of ether oxygens (including phenoxy) is 1. The number of fused-ring (bicyclic) bond motifs is 1. The highest BCUT2D eigenvalue weighted by molar-refractivity contribution is 7.20. The summed E-state index contributed by atoms with van der Waals surface area (Å²) in [5.74, 6) is -0.961. The number of aromatic nitrogens is 1. The molecule has 7 heteroatoms. The van der Waals surface area contributed by atoms with Gasteiger partial charge in [0, 0.05) is 0 Å². The number of nitrogens with zero attached hydrogens (tertiary/aromatic N) is 2. The Morgan fingerprint density at radius 3 is 2.72 bits per heavy atom. The first-order valence-electron chi connectivity index (χ1n) is 7.66. The number of benzene rings is 2. The zero-order valence-electron chi connectivity index (χ0n) is 13.7. The monoisotopic (exact) mass is 357 g/mol. The summed E-state index contributed by atoms with van der Waals surface area (Å²) in [6.07, 6.45) is -0.885. The van der Waals surface area contributed by atoms with Crippen LogP contribution in [0.25, 0.3) is 10.2 Å². The fraction of sp³-hybridized carbons (Fsp3) is 0.167. The Morgan fingerprint density at radius 1 is 1.24 bits per heavy atom. The molecule has 0 bridgehead atoms. The Bertz CT molecular complexity index is 906. The molecule has 0 saturated heterocycles. The Kier molecular flexibility index (Phi) is 5.04. The minimum atomic E-state index is -0.885. The average molecular weight is 357 g/mol. The molecule has 1 heterocycles. The van der Waals surface area contributed by atoms with Gasteiger partial charge in [-0.25, -0.2) is 14.8 Å². The number of halogens is 1. The van der Waals surface area contributed by atoms with Gasteiger partial charge in [0.15, 0.2) is 17.7 Å². The summed E-state index contributed by atoms with van der Waals surface area (Å²) in [4.78, 5) is 16.6. The normalized spacial score (nSPS) is 12.8. The van der Waals surface area contributed by atoms with E-state index < -0.39 is 17.8 Å². The summed E-state index contributed by atoms with van der Waals surface area (Å²) < 4.78 is 19.9. The maximum atomic E-state index is 13.6. The van der Waals surface area contributed by atoms with Crippen molar-refractivity contribution in [2.24, 2.45) is 5.10 Å². The minimum Gasteiger partial charge on any atom is -0.478 e. The fourth-order valence-corrected chi connectivity index (χ4v) is 3.00. The molecule has 128 valence electrons. The highest BCUT2D eigenvalue weighted by atomic mass is 32.1. The highest BCUT2D eigenvalue weighted by Crippen LogP contribution is 2.22. The van der Waals surface area contributed by atoms with E-state index in [1.165, 1.54) is 30.4 Å². The van der Waals surface area contributed by atoms with Crippen LogP contribution in [0.15, 0.2) is 53.6 Å². The largest absolute Gasteiger partial charge is 0.478 e. The lowest BCUT2D eigenvalue weighted by atomic mass is 10.3. The number of nitrogens with one attached hydrogen (secondary N) is 1. The molecule has 1 aromatic heterocycles. The molecule has 1 amide bonds. The van der Waals surface area contributed by atoms with E-state index in [0.29, 0.717) is 5.71 Å². The highest BCUT2D eigenvalue weighted by Gasteiger charge is 2.16. The first kappa shape index (κ1) is 17.0. The van der Waals surface area contributed by atoms with E-state index in [-0.39, 0.29) is 5.75 Å². The van der Waals surface area contributed by atoms with E-state index in [2.05, 4.69) is 15.5 Å². The van der Waals surface area contributed by atoms with E-state index >= 15 is 0 Å². The minimum absolute atomic E-state index is 0.0250. The first-order valence-corrected chi connectivity index (χ1v) is 8.47. The SMILES string of the molecule is C/C(=N/NC(=O)[C@@H](C)Oc1ccccc1F)c1nc2ccccc2s1. The van der Waals surface area contributed by atoms with E-state index in [0.717, 1.165) is 15.2 Å². The van der Waals surface area contributed by atoms with Gasteiger partial charge < -0.3 is 4.74 Å². The number of hydrogen-bond donors (Lipinski definition) is 1. The summed E-state index contributed by atoms with van der Waals surface area (Å²) in [6, 6.07) is 13.7. The van der Waals surface area contributed by atoms with Gasteiger partial charge in [-0.05, 0) is 38.1 Å². The average Bonchev–Trinajstić information content (AvgIpc) is 3.05. The third kappa shape index (κ3) is 4.00. The van der Waals surface area contributed by atoms with Crippen molar-refractivity contribution < 1.29 is 13.9 Å². The molecule has 0 saturated carbocycles. The van der Waals surface area contributed by atoms with E-state index in [1.54, 1.807) is 19.1 Å². The van der Waals surface area contributed by atoms with Crippen molar-refractivity contribution in [2.75, 3.05) is 0 Å². The molecular weight excluding hydrogens is 341 g/mol. The molecule has 1 N–H and O–H groups in total. The van der Waals surface area contributed by atoms with Crippen LogP contribution in [0.4, 0.5) is 4.39 Å². The maximum Gasteiger partial charge on any atom is 0.280 e. The van der Waals surface area contributed by atoms with Crippen LogP contribution >= 0.6 is 11.3 Å². The van der Waals surface area contributed by atoms with Crippen molar-refractivity contribution in [1.82, 2.24) is 10.4 Å². The molecule has 1 atom stereocenters. The van der Waals surface area contributed by atoms with Crippen LogP contribution in [-0.4, -0.2) is 22.7 Å². The second-order valence-electron chi connectivity index (χ2n) is 5.35. The maximum absolute atomic E-state index is 13.6. The molecule has 0 spiro atoms. The number of hydrogen-bond acceptors (Lipinski definition) is 5. The van der Waals surface area contributed by atoms with Crippen molar-refractivity contribution in [3.63, 3.8) is 0 Å². The number of carbonyl (C=O) groups is 1. The summed E-state index contributed by atoms with van der Waals surface area (Å²) in [5, 5.41) is 4.79. The second-order valence-corrected chi connectivity index (χ2v) is 6.38. The van der Waals surface area contributed by atoms with Gasteiger partial charge >= 0.3 is 0 Å². The third-order valence-electron chi connectivity index (χ3n) is 3.45. The molecule has 0 aliphatic rings. The van der Waals surface area contributed by atoms with Crippen LogP contribution in [0, 0.1) is 5.82 Å². The lowest BCUT2D eigenvalue weighted by Crippen LogP contribution is -2.34. The van der Waals surface area contributed by atoms with Gasteiger partial charge in [0.25, 0.3) is 5.91 Å². The van der Waals surface area contributed by atoms with E-state index in [1.807, 2.05) is 24.3 Å². The first-order chi connectivity index (χ1) is 12.0. The Balaban J connectivity index is 1.65. The zero-order chi connectivity index (χ0) is 17.8. The van der Waals surface area contributed by atoms with Crippen LogP contribution in [0.3, 0.4) is 0 Å². The topological polar surface area (TPSA) is 63.6 Å². The van der Waals surface area contributed by atoms with Crippen molar-refractivity contribution in [3.8, 4) is 5.75 Å². The molecule has 0 radical (unpaired) electrons. The number of thiazole rings is 1. The second kappa shape index (κ2) is 7.40. The van der Waals surface area contributed by atoms with Crippen molar-refractivity contribution in [3.05, 3.63) is 59.4 Å². The third-order valence-corrected chi connectivity index (χ3v) is 4.59. The summed E-state index contributed by atoms with van der Waals surface area (Å²) >= 11 is 1.50. The Morgan fingerprint density at radius 2 is 1.96 bits per heavy atom. The summed E-state index contributed by atoms with van der Waals surface area (Å²) in [5.41, 5.74) is 3.91. The van der Waals surface area contributed by atoms with Gasteiger partial charge in [-0.2, -0.15) is 5.10 Å². The van der Waals surface area contributed by atoms with E-state index in [9.17, 15) is 9.18 Å². The molecule has 0 aliphatic carbocycles. The predicted molar refractivity (Wildman–Crippen MR) is 96.5 cm³/mol. The molecule has 0 fully saturated rings. The molecule has 3 rings (SSSR count). The van der Waals surface area contributed by atoms with E-state index in [4.69, 9.17) is 4.74 Å². The van der Waals surface area contributed by atoms with Gasteiger partial charge in [-0.1, -0.05) is 24.3 Å². The number of carbonyl (C=O) groups excluding carboxylic acids is 1. The number of para-hydroxylation sites is 2. The van der Waals surface area contributed by atoms with Crippen molar-refractivity contribution >= 4 is 33.2 Å². The lowest BCUT2D eigenvalue weighted by Gasteiger charge is -2.13. The van der Waals surface area contributed by atoms with Crippen LogP contribution in [0.1, 0.15) is 18.9 Å². The molecular formula is C18H16FN3O2S. The van der Waals surface area contributed by atoms with Crippen LogP contribution in [-0.2, 0) is 4.79 Å². The van der Waals surface area contributed by atoms with Crippen molar-refractivity contribution in [1.29, 1.82) is 0 Å². The lowest BCUT2D eigenvalue weighted by molar-refractivity contribution is -0.127. The van der Waals surface area contributed by atoms with Gasteiger partial charge in [-0.15, -0.1) is 11.3 Å². The van der Waals surface area contributed by atoms with Gasteiger partial charge in [0.05, 0.1) is 15.9 Å². The summed E-state index contributed by atoms with van der Waals surface area (Å²) in [6.45, 7) is 3.30. The van der Waals surface area contributed by atoms with Crippen LogP contribution in [0.2, 0.25) is 0 Å². The van der Waals surface area contributed by atoms with Crippen LogP contribution in [0.5, 0.6) is 5.75 Å². The summed E-state index contributed by atoms with van der Waals surface area (Å²) in [7, 11) is 0. The Labute approximate surface area is 148 Å². The number of rotatable bonds is 5. The van der Waals surface area contributed by atoms with Gasteiger partial charge in [-0.3, -0.25) is 4.79 Å². The predicted octanol–water partition coefficient (Wildman–Crippen LogP) is 3.74. The molecule has 0 aliphatic heterocycles. The van der Waals surface area contributed by atoms with Gasteiger partial charge in [0.1, 0.15) is 5.01 Å². The molecule has 2 aromatic carbocycles. The standard InChI is InChI=1S/C18H16FN3O2S/c1-11(18-20-14-8-4-6-10-16(14)25-18)21-22-17(23)12(2)24-15-9-5-3-7-13(15)19/h3-10,12H,1-2H3,(H,22,23)/b21-11-/t12-/m1/s1. The number of hydrazone groups is 1. The quantitative estimate of drug-likeness (QED) is 0.559. The smallest absolute Gasteiger partial charge is 0.280 e.